The molecule has 0 aliphatic carbocycles. The van der Waals surface area contributed by atoms with Crippen LogP contribution in [0.1, 0.15) is 46.5 Å². The molecule has 8 N–H and O–H groups in total. The van der Waals surface area contributed by atoms with Crippen LogP contribution < -0.4 is 0 Å². The Morgan fingerprint density at radius 2 is 1.24 bits per heavy atom. The average molecular weight is 653 g/mol. The summed E-state index contributed by atoms with van der Waals surface area (Å²) in [4.78, 5) is 76.6. The van der Waals surface area contributed by atoms with Gasteiger partial charge in [-0.2, -0.15) is 23.5 Å². The second kappa shape index (κ2) is 14.9. The highest BCUT2D eigenvalue weighted by atomic mass is 32.2. The SMILES string of the molecule is CCC1SCCN(C(P(=O)(O)O)P(=O)(O)O)C1C.CCCCC1CSCCN1C(P(=O)(O)O)P(=O)(O)O. The molecule has 222 valence electrons. The maximum atomic E-state index is 11.5. The second-order valence-corrected chi connectivity index (χ2v) is 18.9. The average Bonchev–Trinajstić information content (AvgIpc) is 2.71. The highest BCUT2D eigenvalue weighted by molar-refractivity contribution is 8.00. The molecule has 14 nitrogen and oxygen atoms in total. The molecule has 0 radical (unpaired) electrons. The summed E-state index contributed by atoms with van der Waals surface area (Å²) in [6.45, 7) is 6.26. The van der Waals surface area contributed by atoms with E-state index < -0.39 is 41.4 Å². The van der Waals surface area contributed by atoms with Crippen LogP contribution >= 0.6 is 53.9 Å². The number of nitrogens with zero attached hydrogens (tertiary/aromatic N) is 2. The topological polar surface area (TPSA) is 237 Å². The van der Waals surface area contributed by atoms with E-state index in [2.05, 4.69) is 0 Å². The molecule has 2 fully saturated rings. The molecular weight excluding hydrogens is 612 g/mol. The van der Waals surface area contributed by atoms with Crippen molar-refractivity contribution in [1.82, 2.24) is 9.80 Å². The van der Waals surface area contributed by atoms with Crippen molar-refractivity contribution >= 4 is 53.9 Å². The Bertz CT molecular complexity index is 865. The highest BCUT2D eigenvalue weighted by Crippen LogP contribution is 2.63. The monoisotopic (exact) mass is 652 g/mol. The van der Waals surface area contributed by atoms with E-state index in [1.165, 1.54) is 9.80 Å². The van der Waals surface area contributed by atoms with E-state index in [0.29, 0.717) is 30.2 Å². The van der Waals surface area contributed by atoms with Crippen molar-refractivity contribution in [3.05, 3.63) is 0 Å². The third kappa shape index (κ3) is 11.2. The van der Waals surface area contributed by atoms with Gasteiger partial charge in [0.15, 0.2) is 0 Å². The Labute approximate surface area is 226 Å². The van der Waals surface area contributed by atoms with Crippen LogP contribution in [0.25, 0.3) is 0 Å². The summed E-state index contributed by atoms with van der Waals surface area (Å²) in [7, 11) is -19.5. The van der Waals surface area contributed by atoms with Crippen LogP contribution in [-0.4, -0.2) is 108 Å². The highest BCUT2D eigenvalue weighted by Gasteiger charge is 2.51. The van der Waals surface area contributed by atoms with Gasteiger partial charge in [-0.3, -0.25) is 28.1 Å². The molecule has 0 aromatic carbocycles. The van der Waals surface area contributed by atoms with Gasteiger partial charge in [0, 0.05) is 47.7 Å². The second-order valence-electron chi connectivity index (χ2n) is 8.95. The van der Waals surface area contributed by atoms with Crippen molar-refractivity contribution in [2.45, 2.75) is 74.8 Å². The molecule has 3 atom stereocenters. The third-order valence-corrected chi connectivity index (χ3v) is 16.0. The number of rotatable bonds is 10. The van der Waals surface area contributed by atoms with Crippen LogP contribution in [-0.2, 0) is 18.3 Å². The van der Waals surface area contributed by atoms with Gasteiger partial charge in [0.05, 0.1) is 0 Å². The molecule has 2 saturated heterocycles. The lowest BCUT2D eigenvalue weighted by Crippen LogP contribution is -2.50. The van der Waals surface area contributed by atoms with Gasteiger partial charge in [0.25, 0.3) is 0 Å². The Kier molecular flexibility index (Phi) is 14.6. The van der Waals surface area contributed by atoms with Gasteiger partial charge in [-0.15, -0.1) is 0 Å². The molecule has 20 heteroatoms. The van der Waals surface area contributed by atoms with Crippen LogP contribution in [0.5, 0.6) is 0 Å². The van der Waals surface area contributed by atoms with Crippen LogP contribution in [0.2, 0.25) is 0 Å². The number of hydrogen-bond donors (Lipinski definition) is 8. The Morgan fingerprint density at radius 1 is 0.784 bits per heavy atom. The zero-order valence-electron chi connectivity index (χ0n) is 21.0. The van der Waals surface area contributed by atoms with Crippen molar-refractivity contribution in [2.24, 2.45) is 0 Å². The first-order valence-corrected chi connectivity index (χ1v) is 20.6. The van der Waals surface area contributed by atoms with Crippen molar-refractivity contribution in [1.29, 1.82) is 0 Å². The first-order valence-electron chi connectivity index (χ1n) is 11.7. The van der Waals surface area contributed by atoms with Gasteiger partial charge < -0.3 is 39.1 Å². The normalized spacial score (nSPS) is 25.3. The molecule has 0 aromatic rings. The quantitative estimate of drug-likeness (QED) is 0.158. The fraction of sp³-hybridized carbons (Fsp3) is 1.00. The standard InChI is InChI=1S/C9H21NO6P2S.C8H19NO6P2S/c1-2-3-4-8-7-19-6-5-10(8)9(17(11,12)13)18(14,15)16;1-3-7-6(2)9(4-5-18-7)8(16(10,11)12)17(13,14)15/h8-9H,2-7H2,1H3,(H2,11,12,13)(H2,14,15,16);6-8H,3-5H2,1-2H3,(H2,10,11,12)(H2,13,14,15). The summed E-state index contributed by atoms with van der Waals surface area (Å²) in [5, 5.41) is 0.124. The van der Waals surface area contributed by atoms with Crippen molar-refractivity contribution in [3.63, 3.8) is 0 Å². The van der Waals surface area contributed by atoms with Crippen LogP contribution in [0.4, 0.5) is 0 Å². The van der Waals surface area contributed by atoms with Crippen LogP contribution in [0.15, 0.2) is 0 Å². The van der Waals surface area contributed by atoms with Gasteiger partial charge in [0.2, 0.25) is 11.0 Å². The molecule has 2 aliphatic rings. The largest absolute Gasteiger partial charge is 0.354 e. The lowest BCUT2D eigenvalue weighted by atomic mass is 10.1. The molecule has 0 amide bonds. The van der Waals surface area contributed by atoms with E-state index in [-0.39, 0.29) is 23.9 Å². The maximum absolute atomic E-state index is 11.5. The van der Waals surface area contributed by atoms with E-state index in [1.807, 2.05) is 13.8 Å². The first-order chi connectivity index (χ1) is 16.8. The van der Waals surface area contributed by atoms with Crippen LogP contribution in [0.3, 0.4) is 0 Å². The van der Waals surface area contributed by atoms with Gasteiger partial charge in [-0.05, 0) is 19.8 Å². The van der Waals surface area contributed by atoms with E-state index >= 15 is 0 Å². The summed E-state index contributed by atoms with van der Waals surface area (Å²) >= 11 is 3.31. The fourth-order valence-electron chi connectivity index (χ4n) is 4.48. The molecule has 2 rings (SSSR count). The molecule has 0 spiro atoms. The molecule has 37 heavy (non-hydrogen) atoms. The van der Waals surface area contributed by atoms with Gasteiger partial charge in [0.1, 0.15) is 0 Å². The summed E-state index contributed by atoms with van der Waals surface area (Å²) in [5.74, 6) is 1.88. The summed E-state index contributed by atoms with van der Waals surface area (Å²) in [6.07, 6.45) is 3.29. The minimum Gasteiger partial charge on any atom is -0.323 e. The maximum Gasteiger partial charge on any atom is 0.354 e. The van der Waals surface area contributed by atoms with E-state index in [4.69, 9.17) is 0 Å². The molecule has 3 unspecified atom stereocenters. The fourth-order valence-corrected chi connectivity index (χ4v) is 12.8. The summed E-state index contributed by atoms with van der Waals surface area (Å²) < 4.78 is 45.6. The summed E-state index contributed by atoms with van der Waals surface area (Å²) in [6, 6.07) is -0.469. The zero-order chi connectivity index (χ0) is 28.8. The molecule has 2 aliphatic heterocycles. The minimum absolute atomic E-state index is 0.124. The molecule has 2 heterocycles. The van der Waals surface area contributed by atoms with Crippen molar-refractivity contribution < 1.29 is 57.4 Å². The lowest BCUT2D eigenvalue weighted by Gasteiger charge is -2.42. The Balaban J connectivity index is 0.000000371. The van der Waals surface area contributed by atoms with E-state index in [9.17, 15) is 57.4 Å². The summed E-state index contributed by atoms with van der Waals surface area (Å²) in [5.41, 5.74) is -4.02. The van der Waals surface area contributed by atoms with E-state index in [0.717, 1.165) is 19.3 Å². The first kappa shape index (κ1) is 36.2. The molecule has 0 saturated carbocycles. The molecule has 0 bridgehead atoms. The van der Waals surface area contributed by atoms with Crippen molar-refractivity contribution in [3.8, 4) is 0 Å². The van der Waals surface area contributed by atoms with Gasteiger partial charge in [-0.25, -0.2) is 0 Å². The minimum atomic E-state index is -4.89. The Hall–Kier alpha value is 1.22. The Morgan fingerprint density at radius 3 is 1.68 bits per heavy atom. The number of thioether (sulfide) groups is 2. The predicted molar refractivity (Wildman–Crippen MR) is 146 cm³/mol. The number of unbranched alkanes of at least 4 members (excludes halogenated alkanes) is 1. The van der Waals surface area contributed by atoms with Gasteiger partial charge >= 0.3 is 30.4 Å². The zero-order valence-corrected chi connectivity index (χ0v) is 26.2. The third-order valence-electron chi connectivity index (χ3n) is 6.11. The van der Waals surface area contributed by atoms with Crippen LogP contribution in [0, 0.1) is 0 Å². The molecular formula is C17H40N2O12P4S2. The smallest absolute Gasteiger partial charge is 0.323 e. The van der Waals surface area contributed by atoms with Crippen molar-refractivity contribution in [2.75, 3.05) is 30.3 Å². The lowest BCUT2D eigenvalue weighted by molar-refractivity contribution is 0.178. The van der Waals surface area contributed by atoms with E-state index in [1.54, 1.807) is 30.4 Å². The number of hydrogen-bond acceptors (Lipinski definition) is 8. The predicted octanol–water partition coefficient (Wildman–Crippen LogP) is 2.07. The van der Waals surface area contributed by atoms with Gasteiger partial charge in [-0.1, -0.05) is 26.7 Å². The molecule has 0 aromatic heterocycles.